The number of carbonyl (C=O) groups is 2. The molecule has 3 aliphatic rings. The quantitative estimate of drug-likeness (QED) is 0.609. The molecule has 4 heteroatoms. The van der Waals surface area contributed by atoms with Crippen LogP contribution in [0.2, 0.25) is 0 Å². The highest BCUT2D eigenvalue weighted by Gasteiger charge is 2.59. The van der Waals surface area contributed by atoms with Gasteiger partial charge in [0.15, 0.2) is 0 Å². The first-order valence-corrected chi connectivity index (χ1v) is 6.91. The normalized spacial score (nSPS) is 34.0. The molecule has 4 atom stereocenters. The zero-order chi connectivity index (χ0) is 13.9. The predicted octanol–water partition coefficient (Wildman–Crippen LogP) is 2.01. The van der Waals surface area contributed by atoms with Gasteiger partial charge in [0.25, 0.3) is 0 Å². The minimum absolute atomic E-state index is 0.0508. The highest BCUT2D eigenvalue weighted by atomic mass is 16.5. The maximum Gasteiger partial charge on any atom is 0.238 e. The zero-order valence-corrected chi connectivity index (χ0v) is 11.2. The van der Waals surface area contributed by atoms with Crippen LogP contribution in [0.25, 0.3) is 0 Å². The minimum atomic E-state index is -0.149. The van der Waals surface area contributed by atoms with Crippen molar-refractivity contribution in [2.45, 2.75) is 6.42 Å². The maximum atomic E-state index is 12.6. The summed E-state index contributed by atoms with van der Waals surface area (Å²) in [6, 6.07) is 7.14. The summed E-state index contributed by atoms with van der Waals surface area (Å²) in [6.07, 6.45) is 5.16. The molecule has 0 aromatic heterocycles. The SMILES string of the molecule is COc1cccc(N2C(=O)[C@@H]3[C@H](C2=O)[C@@H]2C=C[C@H]3C2)c1. The van der Waals surface area contributed by atoms with Crippen LogP contribution in [0.1, 0.15) is 6.42 Å². The van der Waals surface area contributed by atoms with E-state index >= 15 is 0 Å². The van der Waals surface area contributed by atoms with E-state index in [0.717, 1.165) is 6.42 Å². The monoisotopic (exact) mass is 269 g/mol. The number of hydrogen-bond acceptors (Lipinski definition) is 3. The highest BCUT2D eigenvalue weighted by Crippen LogP contribution is 2.53. The van der Waals surface area contributed by atoms with Crippen LogP contribution in [0.4, 0.5) is 5.69 Å². The Morgan fingerprint density at radius 3 is 2.35 bits per heavy atom. The fraction of sp³-hybridized carbons (Fsp3) is 0.375. The number of carbonyl (C=O) groups excluding carboxylic acids is 2. The average Bonchev–Trinajstić information content (AvgIpc) is 3.13. The molecule has 102 valence electrons. The maximum absolute atomic E-state index is 12.6. The van der Waals surface area contributed by atoms with Crippen LogP contribution < -0.4 is 9.64 Å². The lowest BCUT2D eigenvalue weighted by molar-refractivity contribution is -0.123. The topological polar surface area (TPSA) is 46.6 Å². The average molecular weight is 269 g/mol. The first-order chi connectivity index (χ1) is 9.70. The molecule has 1 heterocycles. The van der Waals surface area contributed by atoms with Gasteiger partial charge in [-0.25, -0.2) is 4.90 Å². The zero-order valence-electron chi connectivity index (χ0n) is 11.2. The first kappa shape index (κ1) is 11.7. The molecule has 1 aromatic carbocycles. The summed E-state index contributed by atoms with van der Waals surface area (Å²) in [7, 11) is 1.58. The van der Waals surface area contributed by atoms with Crippen LogP contribution in [0.3, 0.4) is 0 Å². The van der Waals surface area contributed by atoms with E-state index in [1.54, 1.807) is 31.4 Å². The van der Waals surface area contributed by atoms with E-state index < -0.39 is 0 Å². The third kappa shape index (κ3) is 1.36. The Morgan fingerprint density at radius 1 is 1.10 bits per heavy atom. The Kier molecular flexibility index (Phi) is 2.31. The first-order valence-electron chi connectivity index (χ1n) is 6.91. The molecule has 20 heavy (non-hydrogen) atoms. The number of anilines is 1. The van der Waals surface area contributed by atoms with Gasteiger partial charge < -0.3 is 4.74 Å². The molecule has 1 saturated heterocycles. The summed E-state index contributed by atoms with van der Waals surface area (Å²) in [5.74, 6) is 0.748. The minimum Gasteiger partial charge on any atom is -0.497 e. The molecule has 2 aliphatic carbocycles. The van der Waals surface area contributed by atoms with Crippen molar-refractivity contribution in [1.29, 1.82) is 0 Å². The number of ether oxygens (including phenoxy) is 1. The van der Waals surface area contributed by atoms with Gasteiger partial charge in [-0.1, -0.05) is 18.2 Å². The number of allylic oxidation sites excluding steroid dienone is 2. The van der Waals surface area contributed by atoms with Crippen molar-refractivity contribution >= 4 is 17.5 Å². The van der Waals surface area contributed by atoms with Crippen LogP contribution in [0.15, 0.2) is 36.4 Å². The van der Waals surface area contributed by atoms with Gasteiger partial charge in [0.2, 0.25) is 11.8 Å². The van der Waals surface area contributed by atoms with Crippen LogP contribution in [0.5, 0.6) is 5.75 Å². The summed E-state index contributed by atoms with van der Waals surface area (Å²) < 4.78 is 5.17. The molecule has 0 spiro atoms. The lowest BCUT2D eigenvalue weighted by Gasteiger charge is -2.17. The summed E-state index contributed by atoms with van der Waals surface area (Å²) in [5.41, 5.74) is 0.619. The second-order valence-electron chi connectivity index (χ2n) is 5.71. The molecule has 1 aromatic rings. The third-order valence-corrected chi connectivity index (χ3v) is 4.78. The number of benzene rings is 1. The van der Waals surface area contributed by atoms with Gasteiger partial charge in [0.1, 0.15) is 5.75 Å². The number of imide groups is 1. The molecule has 0 radical (unpaired) electrons. The summed E-state index contributed by atoms with van der Waals surface area (Å²) in [5, 5.41) is 0. The second-order valence-corrected chi connectivity index (χ2v) is 5.71. The second kappa shape index (κ2) is 3.95. The number of amides is 2. The summed E-state index contributed by atoms with van der Waals surface area (Å²) in [4.78, 5) is 26.6. The van der Waals surface area contributed by atoms with E-state index in [-0.39, 0.29) is 35.5 Å². The molecule has 1 aliphatic heterocycles. The molecular weight excluding hydrogens is 254 g/mol. The smallest absolute Gasteiger partial charge is 0.238 e. The fourth-order valence-corrected chi connectivity index (χ4v) is 3.91. The Labute approximate surface area is 117 Å². The van der Waals surface area contributed by atoms with Crippen LogP contribution in [-0.4, -0.2) is 18.9 Å². The third-order valence-electron chi connectivity index (χ3n) is 4.78. The molecule has 2 bridgehead atoms. The van der Waals surface area contributed by atoms with Gasteiger partial charge in [-0.15, -0.1) is 0 Å². The van der Waals surface area contributed by atoms with Crippen molar-refractivity contribution in [3.8, 4) is 5.75 Å². The van der Waals surface area contributed by atoms with Crippen molar-refractivity contribution in [3.05, 3.63) is 36.4 Å². The molecule has 2 amide bonds. The fourth-order valence-electron chi connectivity index (χ4n) is 3.91. The summed E-state index contributed by atoms with van der Waals surface area (Å²) in [6.45, 7) is 0. The van der Waals surface area contributed by atoms with Crippen LogP contribution in [0, 0.1) is 23.7 Å². The van der Waals surface area contributed by atoms with Gasteiger partial charge in [0, 0.05) is 6.07 Å². The van der Waals surface area contributed by atoms with Crippen molar-refractivity contribution in [1.82, 2.24) is 0 Å². The molecule has 4 nitrogen and oxygen atoms in total. The van der Waals surface area contributed by atoms with Gasteiger partial charge in [0.05, 0.1) is 24.6 Å². The van der Waals surface area contributed by atoms with E-state index in [4.69, 9.17) is 4.74 Å². The van der Waals surface area contributed by atoms with Gasteiger partial charge in [-0.2, -0.15) is 0 Å². The standard InChI is InChI=1S/C16H15NO3/c1-20-12-4-2-3-11(8-12)17-15(18)13-9-5-6-10(7-9)14(13)16(17)19/h2-6,8-10,13-14H,7H2,1H3/t9-,10+,13-,14+. The van der Waals surface area contributed by atoms with E-state index in [1.165, 1.54) is 4.90 Å². The lowest BCUT2D eigenvalue weighted by Crippen LogP contribution is -2.32. The Hall–Kier alpha value is -2.10. The Balaban J connectivity index is 1.74. The van der Waals surface area contributed by atoms with E-state index in [2.05, 4.69) is 12.2 Å². The van der Waals surface area contributed by atoms with Gasteiger partial charge in [-0.05, 0) is 30.4 Å². The van der Waals surface area contributed by atoms with Crippen molar-refractivity contribution in [2.24, 2.45) is 23.7 Å². The largest absolute Gasteiger partial charge is 0.497 e. The van der Waals surface area contributed by atoms with Crippen LogP contribution in [-0.2, 0) is 9.59 Å². The number of nitrogens with zero attached hydrogens (tertiary/aromatic N) is 1. The van der Waals surface area contributed by atoms with E-state index in [9.17, 15) is 9.59 Å². The number of rotatable bonds is 2. The lowest BCUT2D eigenvalue weighted by atomic mass is 9.85. The molecule has 0 N–H and O–H groups in total. The van der Waals surface area contributed by atoms with Gasteiger partial charge >= 0.3 is 0 Å². The van der Waals surface area contributed by atoms with Crippen molar-refractivity contribution < 1.29 is 14.3 Å². The molecular formula is C16H15NO3. The number of methoxy groups -OCH3 is 1. The van der Waals surface area contributed by atoms with Crippen LogP contribution >= 0.6 is 0 Å². The molecule has 4 rings (SSSR count). The van der Waals surface area contributed by atoms with Gasteiger partial charge in [-0.3, -0.25) is 9.59 Å². The van der Waals surface area contributed by atoms with Crippen molar-refractivity contribution in [2.75, 3.05) is 12.0 Å². The Morgan fingerprint density at radius 2 is 1.75 bits per heavy atom. The highest BCUT2D eigenvalue weighted by molar-refractivity contribution is 6.22. The molecule has 1 saturated carbocycles. The number of hydrogen-bond donors (Lipinski definition) is 0. The molecule has 2 fully saturated rings. The number of fused-ring (bicyclic) bond motifs is 5. The predicted molar refractivity (Wildman–Crippen MR) is 73.2 cm³/mol. The van der Waals surface area contributed by atoms with Crippen molar-refractivity contribution in [3.63, 3.8) is 0 Å². The summed E-state index contributed by atoms with van der Waals surface area (Å²) >= 11 is 0. The van der Waals surface area contributed by atoms with E-state index in [1.807, 2.05) is 0 Å². The van der Waals surface area contributed by atoms with E-state index in [0.29, 0.717) is 11.4 Å². The Bertz CT molecular complexity index is 606. The molecule has 0 unspecified atom stereocenters.